The van der Waals surface area contributed by atoms with Crippen LogP contribution in [0, 0.1) is 12.7 Å². The Labute approximate surface area is 109 Å². The number of halogens is 1. The van der Waals surface area contributed by atoms with E-state index in [1.165, 1.54) is 7.11 Å². The molecule has 5 heteroatoms. The molecule has 0 unspecified atom stereocenters. The molecule has 1 N–H and O–H groups in total. The molecule has 0 amide bonds. The molecule has 3 aromatic rings. The lowest BCUT2D eigenvalue weighted by Gasteiger charge is -2.09. The molecule has 0 bridgehead atoms. The van der Waals surface area contributed by atoms with E-state index in [1.807, 2.05) is 0 Å². The van der Waals surface area contributed by atoms with E-state index in [9.17, 15) is 4.39 Å². The minimum Gasteiger partial charge on any atom is -0.494 e. The van der Waals surface area contributed by atoms with Crippen molar-refractivity contribution in [3.8, 4) is 17.0 Å². The van der Waals surface area contributed by atoms with E-state index in [0.29, 0.717) is 28.1 Å². The molecule has 3 rings (SSSR count). The molecular weight excluding hydrogens is 245 g/mol. The first-order valence-electron chi connectivity index (χ1n) is 5.84. The van der Waals surface area contributed by atoms with Crippen LogP contribution >= 0.6 is 0 Å². The molecule has 4 nitrogen and oxygen atoms in total. The van der Waals surface area contributed by atoms with Gasteiger partial charge in [-0.15, -0.1) is 0 Å². The quantitative estimate of drug-likeness (QED) is 0.767. The van der Waals surface area contributed by atoms with Crippen LogP contribution in [0.15, 0.2) is 30.5 Å². The monoisotopic (exact) mass is 257 g/mol. The molecule has 2 heterocycles. The first-order valence-corrected chi connectivity index (χ1v) is 5.84. The molecule has 0 aliphatic rings. The van der Waals surface area contributed by atoms with E-state index in [0.717, 1.165) is 5.52 Å². The zero-order valence-corrected chi connectivity index (χ0v) is 10.6. The SMILES string of the molecule is COc1cc2[nH]ncc2nc1-c1cccc(C)c1F. The van der Waals surface area contributed by atoms with Gasteiger partial charge in [-0.25, -0.2) is 9.37 Å². The standard InChI is InChI=1S/C14H12FN3O/c1-8-4-3-5-9(13(8)15)14-12(19-2)6-10-11(17-14)7-16-18-10/h3-7H,1-2H3,(H,16,18). The summed E-state index contributed by atoms with van der Waals surface area (Å²) in [4.78, 5) is 4.42. The fourth-order valence-corrected chi connectivity index (χ4v) is 2.04. The maximum absolute atomic E-state index is 14.2. The van der Waals surface area contributed by atoms with Crippen molar-refractivity contribution >= 4 is 11.0 Å². The number of hydrogen-bond acceptors (Lipinski definition) is 3. The van der Waals surface area contributed by atoms with Gasteiger partial charge in [-0.1, -0.05) is 12.1 Å². The van der Waals surface area contributed by atoms with Gasteiger partial charge in [-0.05, 0) is 18.6 Å². The number of hydrogen-bond donors (Lipinski definition) is 1. The van der Waals surface area contributed by atoms with Crippen molar-refractivity contribution in [3.05, 3.63) is 41.8 Å². The number of fused-ring (bicyclic) bond motifs is 1. The van der Waals surface area contributed by atoms with Crippen molar-refractivity contribution in [3.63, 3.8) is 0 Å². The molecule has 0 atom stereocenters. The highest BCUT2D eigenvalue weighted by atomic mass is 19.1. The zero-order chi connectivity index (χ0) is 13.4. The van der Waals surface area contributed by atoms with E-state index in [1.54, 1.807) is 37.4 Å². The maximum atomic E-state index is 14.2. The molecule has 0 radical (unpaired) electrons. The number of ether oxygens (including phenoxy) is 1. The lowest BCUT2D eigenvalue weighted by Crippen LogP contribution is -1.95. The number of aryl methyl sites for hydroxylation is 1. The molecule has 96 valence electrons. The van der Waals surface area contributed by atoms with Gasteiger partial charge in [0.15, 0.2) is 0 Å². The number of nitrogens with zero attached hydrogens (tertiary/aromatic N) is 2. The van der Waals surface area contributed by atoms with E-state index >= 15 is 0 Å². The Hall–Kier alpha value is -2.43. The number of methoxy groups -OCH3 is 1. The normalized spacial score (nSPS) is 10.9. The van der Waals surface area contributed by atoms with Crippen molar-refractivity contribution in [1.82, 2.24) is 15.2 Å². The number of aromatic nitrogens is 3. The van der Waals surface area contributed by atoms with Crippen LogP contribution in [0.25, 0.3) is 22.3 Å². The second-order valence-corrected chi connectivity index (χ2v) is 4.28. The molecule has 2 aromatic heterocycles. The largest absolute Gasteiger partial charge is 0.494 e. The van der Waals surface area contributed by atoms with Crippen molar-refractivity contribution in [2.45, 2.75) is 6.92 Å². The summed E-state index contributed by atoms with van der Waals surface area (Å²) in [5.74, 6) is 0.234. The molecule has 19 heavy (non-hydrogen) atoms. The van der Waals surface area contributed by atoms with Crippen LogP contribution in [-0.4, -0.2) is 22.3 Å². The third-order valence-electron chi connectivity index (χ3n) is 3.06. The van der Waals surface area contributed by atoms with Gasteiger partial charge in [-0.3, -0.25) is 5.10 Å². The fourth-order valence-electron chi connectivity index (χ4n) is 2.04. The highest BCUT2D eigenvalue weighted by Crippen LogP contribution is 2.32. The average Bonchev–Trinajstić information content (AvgIpc) is 2.87. The number of H-pyrrole nitrogens is 1. The zero-order valence-electron chi connectivity index (χ0n) is 10.6. The smallest absolute Gasteiger partial charge is 0.147 e. The van der Waals surface area contributed by atoms with Crippen LogP contribution in [0.4, 0.5) is 4.39 Å². The summed E-state index contributed by atoms with van der Waals surface area (Å²) in [6.07, 6.45) is 1.60. The van der Waals surface area contributed by atoms with E-state index < -0.39 is 0 Å². The van der Waals surface area contributed by atoms with Gasteiger partial charge < -0.3 is 4.74 Å². The minimum absolute atomic E-state index is 0.281. The van der Waals surface area contributed by atoms with Crippen LogP contribution in [0.1, 0.15) is 5.56 Å². The van der Waals surface area contributed by atoms with Crippen molar-refractivity contribution < 1.29 is 9.13 Å². The van der Waals surface area contributed by atoms with Crippen molar-refractivity contribution in [2.75, 3.05) is 7.11 Å². The molecule has 0 saturated carbocycles. The van der Waals surface area contributed by atoms with Gasteiger partial charge in [0.25, 0.3) is 0 Å². The lowest BCUT2D eigenvalue weighted by atomic mass is 10.1. The molecular formula is C14H12FN3O. The number of pyridine rings is 1. The van der Waals surface area contributed by atoms with Crippen molar-refractivity contribution in [1.29, 1.82) is 0 Å². The van der Waals surface area contributed by atoms with Crippen LogP contribution in [-0.2, 0) is 0 Å². The predicted molar refractivity (Wildman–Crippen MR) is 70.6 cm³/mol. The van der Waals surface area contributed by atoms with E-state index in [2.05, 4.69) is 15.2 Å². The molecule has 0 aliphatic heterocycles. The summed E-state index contributed by atoms with van der Waals surface area (Å²) in [5, 5.41) is 6.73. The Balaban J connectivity index is 2.31. The van der Waals surface area contributed by atoms with Crippen LogP contribution in [0.5, 0.6) is 5.75 Å². The third kappa shape index (κ3) is 1.83. The van der Waals surface area contributed by atoms with E-state index in [-0.39, 0.29) is 5.82 Å². The Bertz CT molecular complexity index is 752. The van der Waals surface area contributed by atoms with Gasteiger partial charge in [0, 0.05) is 11.6 Å². The third-order valence-corrected chi connectivity index (χ3v) is 3.06. The Morgan fingerprint density at radius 3 is 2.95 bits per heavy atom. The van der Waals surface area contributed by atoms with Crippen molar-refractivity contribution in [2.24, 2.45) is 0 Å². The summed E-state index contributed by atoms with van der Waals surface area (Å²) in [6, 6.07) is 6.99. The summed E-state index contributed by atoms with van der Waals surface area (Å²) in [6.45, 7) is 1.72. The van der Waals surface area contributed by atoms with Gasteiger partial charge in [-0.2, -0.15) is 5.10 Å². The lowest BCUT2D eigenvalue weighted by molar-refractivity contribution is 0.415. The van der Waals surface area contributed by atoms with Crippen LogP contribution in [0.2, 0.25) is 0 Å². The summed E-state index contributed by atoms with van der Waals surface area (Å²) in [5.41, 5.74) is 2.93. The molecule has 0 fully saturated rings. The average molecular weight is 257 g/mol. The van der Waals surface area contributed by atoms with Gasteiger partial charge in [0.2, 0.25) is 0 Å². The highest BCUT2D eigenvalue weighted by molar-refractivity contribution is 5.81. The topological polar surface area (TPSA) is 50.8 Å². The van der Waals surface area contributed by atoms with Crippen LogP contribution in [0.3, 0.4) is 0 Å². The van der Waals surface area contributed by atoms with Gasteiger partial charge >= 0.3 is 0 Å². The minimum atomic E-state index is -0.281. The Morgan fingerprint density at radius 2 is 2.16 bits per heavy atom. The highest BCUT2D eigenvalue weighted by Gasteiger charge is 2.15. The molecule has 1 aromatic carbocycles. The van der Waals surface area contributed by atoms with Crippen LogP contribution < -0.4 is 4.74 Å². The predicted octanol–water partition coefficient (Wildman–Crippen LogP) is 3.08. The summed E-state index contributed by atoms with van der Waals surface area (Å²) >= 11 is 0. The number of aromatic amines is 1. The number of benzene rings is 1. The second kappa shape index (κ2) is 4.35. The Kier molecular flexibility index (Phi) is 2.67. The summed E-state index contributed by atoms with van der Waals surface area (Å²) in [7, 11) is 1.54. The van der Waals surface area contributed by atoms with Gasteiger partial charge in [0.05, 0.1) is 18.8 Å². The first-order chi connectivity index (χ1) is 9.20. The number of nitrogens with one attached hydrogen (secondary N) is 1. The second-order valence-electron chi connectivity index (χ2n) is 4.28. The first kappa shape index (κ1) is 11.6. The summed E-state index contributed by atoms with van der Waals surface area (Å²) < 4.78 is 19.5. The molecule has 0 spiro atoms. The number of rotatable bonds is 2. The fraction of sp³-hybridized carbons (Fsp3) is 0.143. The van der Waals surface area contributed by atoms with E-state index in [4.69, 9.17) is 4.74 Å². The maximum Gasteiger partial charge on any atom is 0.147 e. The Morgan fingerprint density at radius 1 is 1.32 bits per heavy atom. The molecule has 0 saturated heterocycles. The molecule has 0 aliphatic carbocycles. The van der Waals surface area contributed by atoms with Gasteiger partial charge in [0.1, 0.15) is 22.8 Å².